The summed E-state index contributed by atoms with van der Waals surface area (Å²) >= 11 is 0. The van der Waals surface area contributed by atoms with Gasteiger partial charge < -0.3 is 9.84 Å². The minimum atomic E-state index is -0.458. The van der Waals surface area contributed by atoms with E-state index in [0.717, 1.165) is 30.3 Å². The second-order valence-electron chi connectivity index (χ2n) is 6.66. The van der Waals surface area contributed by atoms with Crippen LogP contribution in [0.5, 0.6) is 5.75 Å². The molecule has 3 unspecified atom stereocenters. The molecule has 3 nitrogen and oxygen atoms in total. The van der Waals surface area contributed by atoms with E-state index in [9.17, 15) is 5.11 Å². The van der Waals surface area contributed by atoms with Crippen molar-refractivity contribution in [1.82, 2.24) is 4.90 Å². The lowest BCUT2D eigenvalue weighted by atomic mass is 9.85. The first-order valence-corrected chi connectivity index (χ1v) is 8.25. The molecule has 3 heteroatoms. The van der Waals surface area contributed by atoms with Crippen LogP contribution in [0.2, 0.25) is 0 Å². The van der Waals surface area contributed by atoms with Crippen LogP contribution >= 0.6 is 0 Å². The number of aliphatic hydroxyl groups is 1. The number of β-amino-alcohol motifs (C(OH)–C–C–N with tert-alkyl or cyclic N) is 1. The number of rotatable bonds is 4. The largest absolute Gasteiger partial charge is 0.496 e. The molecular weight excluding hydrogens is 262 g/mol. The number of likely N-dealkylation sites (tertiary alicyclic amines) is 1. The maximum Gasteiger partial charge on any atom is 0.124 e. The Bertz CT molecular complexity index is 488. The number of fused-ring (bicyclic) bond motifs is 1. The molecule has 3 rings (SSSR count). The van der Waals surface area contributed by atoms with E-state index >= 15 is 0 Å². The molecule has 1 aromatic rings. The van der Waals surface area contributed by atoms with Crippen LogP contribution in [-0.2, 0) is 0 Å². The van der Waals surface area contributed by atoms with E-state index in [1.807, 2.05) is 12.1 Å². The van der Waals surface area contributed by atoms with Crippen LogP contribution in [0.3, 0.4) is 0 Å². The van der Waals surface area contributed by atoms with Gasteiger partial charge in [0.1, 0.15) is 5.75 Å². The van der Waals surface area contributed by atoms with Crippen LogP contribution < -0.4 is 4.74 Å². The molecule has 1 saturated heterocycles. The predicted molar refractivity (Wildman–Crippen MR) is 84.6 cm³/mol. The minimum absolute atomic E-state index is 0.458. The summed E-state index contributed by atoms with van der Waals surface area (Å²) in [7, 11) is 1.67. The topological polar surface area (TPSA) is 32.7 Å². The number of ether oxygens (including phenoxy) is 1. The highest BCUT2D eigenvalue weighted by Crippen LogP contribution is 2.37. The lowest BCUT2D eigenvalue weighted by Gasteiger charge is -2.33. The number of benzene rings is 1. The van der Waals surface area contributed by atoms with Gasteiger partial charge in [0.15, 0.2) is 0 Å². The Hall–Kier alpha value is -1.06. The van der Waals surface area contributed by atoms with Crippen molar-refractivity contribution >= 4 is 0 Å². The van der Waals surface area contributed by atoms with Gasteiger partial charge in [0.05, 0.1) is 13.2 Å². The summed E-state index contributed by atoms with van der Waals surface area (Å²) in [6.45, 7) is 3.93. The van der Waals surface area contributed by atoms with Gasteiger partial charge in [-0.15, -0.1) is 0 Å². The summed E-state index contributed by atoms with van der Waals surface area (Å²) in [6.07, 6.45) is 6.28. The van der Waals surface area contributed by atoms with E-state index in [-0.39, 0.29) is 0 Å². The predicted octanol–water partition coefficient (Wildman–Crippen LogP) is 3.30. The van der Waals surface area contributed by atoms with Crippen molar-refractivity contribution < 1.29 is 9.84 Å². The van der Waals surface area contributed by atoms with E-state index in [2.05, 4.69) is 17.9 Å². The Morgan fingerprint density at radius 3 is 2.90 bits per heavy atom. The summed E-state index contributed by atoms with van der Waals surface area (Å²) in [6, 6.07) is 6.74. The first kappa shape index (κ1) is 14.9. The Kier molecular flexibility index (Phi) is 4.51. The highest BCUT2D eigenvalue weighted by atomic mass is 16.5. The molecule has 1 aliphatic heterocycles. The molecule has 0 spiro atoms. The van der Waals surface area contributed by atoms with Crippen LogP contribution in [0, 0.1) is 12.8 Å². The van der Waals surface area contributed by atoms with Crippen LogP contribution in [0.25, 0.3) is 0 Å². The summed E-state index contributed by atoms with van der Waals surface area (Å²) in [4.78, 5) is 2.51. The third kappa shape index (κ3) is 3.09. The van der Waals surface area contributed by atoms with Crippen molar-refractivity contribution in [3.8, 4) is 5.75 Å². The molecule has 1 N–H and O–H groups in total. The van der Waals surface area contributed by atoms with Gasteiger partial charge in [-0.25, -0.2) is 0 Å². The first-order chi connectivity index (χ1) is 10.2. The van der Waals surface area contributed by atoms with Gasteiger partial charge in [0.25, 0.3) is 0 Å². The molecule has 0 aromatic heterocycles. The van der Waals surface area contributed by atoms with E-state index < -0.39 is 6.10 Å². The smallest absolute Gasteiger partial charge is 0.124 e. The zero-order chi connectivity index (χ0) is 14.8. The maximum atomic E-state index is 10.7. The molecule has 1 aromatic carbocycles. The van der Waals surface area contributed by atoms with Crippen molar-refractivity contribution in [2.75, 3.05) is 20.2 Å². The lowest BCUT2D eigenvalue weighted by molar-refractivity contribution is 0.0876. The normalized spacial score (nSPS) is 27.4. The van der Waals surface area contributed by atoms with E-state index in [0.29, 0.717) is 6.04 Å². The maximum absolute atomic E-state index is 10.7. The fourth-order valence-electron chi connectivity index (χ4n) is 4.16. The van der Waals surface area contributed by atoms with E-state index in [1.54, 1.807) is 7.11 Å². The SMILES string of the molecule is COc1ccc(C)cc1C(O)CN1CCC2CCCCC21. The molecule has 0 bridgehead atoms. The molecule has 1 heterocycles. The first-order valence-electron chi connectivity index (χ1n) is 8.25. The van der Waals surface area contributed by atoms with Gasteiger partial charge in [-0.05, 0) is 50.8 Å². The number of aryl methyl sites for hydroxylation is 1. The van der Waals surface area contributed by atoms with Gasteiger partial charge >= 0.3 is 0 Å². The standard InChI is InChI=1S/C18H27NO2/c1-13-7-8-18(21-2)15(11-13)17(20)12-19-10-9-14-5-3-4-6-16(14)19/h7-8,11,14,16-17,20H,3-6,9-10,12H2,1-2H3. The van der Waals surface area contributed by atoms with Crippen molar-refractivity contribution in [1.29, 1.82) is 0 Å². The van der Waals surface area contributed by atoms with E-state index in [4.69, 9.17) is 4.74 Å². The minimum Gasteiger partial charge on any atom is -0.496 e. The van der Waals surface area contributed by atoms with Gasteiger partial charge in [0.2, 0.25) is 0 Å². The molecule has 0 amide bonds. The van der Waals surface area contributed by atoms with Gasteiger partial charge in [-0.2, -0.15) is 0 Å². The average Bonchev–Trinajstić information content (AvgIpc) is 2.90. The fourth-order valence-corrected chi connectivity index (χ4v) is 4.16. The molecule has 1 aliphatic carbocycles. The average molecular weight is 289 g/mol. The third-order valence-electron chi connectivity index (χ3n) is 5.28. The van der Waals surface area contributed by atoms with Crippen molar-refractivity contribution in [2.24, 2.45) is 5.92 Å². The lowest BCUT2D eigenvalue weighted by Crippen LogP contribution is -2.37. The fraction of sp³-hybridized carbons (Fsp3) is 0.667. The Labute approximate surface area is 127 Å². The molecule has 1 saturated carbocycles. The Morgan fingerprint density at radius 1 is 1.29 bits per heavy atom. The van der Waals surface area contributed by atoms with Gasteiger partial charge in [-0.1, -0.05) is 24.5 Å². The molecule has 116 valence electrons. The van der Waals surface area contributed by atoms with Crippen molar-refractivity contribution in [3.05, 3.63) is 29.3 Å². The summed E-state index contributed by atoms with van der Waals surface area (Å²) in [5, 5.41) is 10.7. The number of aliphatic hydroxyl groups excluding tert-OH is 1. The van der Waals surface area contributed by atoms with Crippen molar-refractivity contribution in [2.45, 2.75) is 51.2 Å². The summed E-state index contributed by atoms with van der Waals surface area (Å²) in [5.41, 5.74) is 2.10. The Morgan fingerprint density at radius 2 is 2.10 bits per heavy atom. The monoisotopic (exact) mass is 289 g/mol. The number of methoxy groups -OCH3 is 1. The number of nitrogens with zero attached hydrogens (tertiary/aromatic N) is 1. The molecule has 2 aliphatic rings. The van der Waals surface area contributed by atoms with E-state index in [1.165, 1.54) is 37.7 Å². The number of hydrogen-bond donors (Lipinski definition) is 1. The molecule has 0 radical (unpaired) electrons. The molecule has 2 fully saturated rings. The highest BCUT2D eigenvalue weighted by molar-refractivity contribution is 5.38. The van der Waals surface area contributed by atoms with Gasteiger partial charge in [0, 0.05) is 18.2 Å². The van der Waals surface area contributed by atoms with Crippen LogP contribution in [0.4, 0.5) is 0 Å². The Balaban J connectivity index is 1.71. The zero-order valence-electron chi connectivity index (χ0n) is 13.2. The summed E-state index contributed by atoms with van der Waals surface area (Å²) < 4.78 is 5.41. The quantitative estimate of drug-likeness (QED) is 0.923. The third-order valence-corrected chi connectivity index (χ3v) is 5.28. The molecule has 21 heavy (non-hydrogen) atoms. The van der Waals surface area contributed by atoms with Gasteiger partial charge in [-0.3, -0.25) is 4.90 Å². The van der Waals surface area contributed by atoms with Crippen LogP contribution in [0.15, 0.2) is 18.2 Å². The van der Waals surface area contributed by atoms with Crippen molar-refractivity contribution in [3.63, 3.8) is 0 Å². The van der Waals surface area contributed by atoms with Crippen LogP contribution in [0.1, 0.15) is 49.3 Å². The molecule has 3 atom stereocenters. The summed E-state index contributed by atoms with van der Waals surface area (Å²) in [5.74, 6) is 1.66. The number of hydrogen-bond acceptors (Lipinski definition) is 3. The second kappa shape index (κ2) is 6.37. The van der Waals surface area contributed by atoms with Crippen LogP contribution in [-0.4, -0.2) is 36.2 Å². The highest BCUT2D eigenvalue weighted by Gasteiger charge is 2.36. The second-order valence-corrected chi connectivity index (χ2v) is 6.66. The molecular formula is C18H27NO2. The zero-order valence-corrected chi connectivity index (χ0v) is 13.2.